The van der Waals surface area contributed by atoms with E-state index in [1.807, 2.05) is 51.2 Å². The standard InChI is InChI=1S/C38H64N2O9/c1-10-38(44,45)29(7)34-31(47-34)24-26(4)14-11-15-27(5)33-28(6)17-18-32(37(8,46-9)19-12-16-30(41)35(42)49-33)48-36(43)40-21-13-20-39(22-23-40)25(2)3/h11,14-15,17-18,25-26,28-34,41,44-45H,10,12-13,16,19-24H2,1-9H3/b14-11+,18-17+,27-15+. The largest absolute Gasteiger partial charge is 0.455 e. The normalized spacial score (nSPS) is 33.3. The van der Waals surface area contributed by atoms with Crippen molar-refractivity contribution in [3.8, 4) is 0 Å². The van der Waals surface area contributed by atoms with Gasteiger partial charge in [0.1, 0.15) is 11.7 Å². The summed E-state index contributed by atoms with van der Waals surface area (Å²) >= 11 is 0. The molecule has 0 aromatic heterocycles. The smallest absolute Gasteiger partial charge is 0.410 e. The van der Waals surface area contributed by atoms with Gasteiger partial charge in [-0.1, -0.05) is 52.0 Å². The highest BCUT2D eigenvalue weighted by atomic mass is 16.6. The molecule has 11 nitrogen and oxygen atoms in total. The monoisotopic (exact) mass is 692 g/mol. The molecule has 49 heavy (non-hydrogen) atoms. The summed E-state index contributed by atoms with van der Waals surface area (Å²) in [5.41, 5.74) is -0.0823. The van der Waals surface area contributed by atoms with Gasteiger partial charge in [0, 0.05) is 51.2 Å². The minimum atomic E-state index is -1.74. The van der Waals surface area contributed by atoms with E-state index in [1.165, 1.54) is 0 Å². The van der Waals surface area contributed by atoms with Crippen LogP contribution in [0.2, 0.25) is 0 Å². The lowest BCUT2D eigenvalue weighted by molar-refractivity contribution is -0.201. The Balaban J connectivity index is 1.75. The number of epoxide rings is 1. The summed E-state index contributed by atoms with van der Waals surface area (Å²) in [5.74, 6) is -2.93. The third-order valence-electron chi connectivity index (χ3n) is 10.8. The quantitative estimate of drug-likeness (QED) is 0.0892. The average Bonchev–Trinajstić information content (AvgIpc) is 3.86. The highest BCUT2D eigenvalue weighted by Gasteiger charge is 2.49. The molecule has 3 rings (SSSR count). The Morgan fingerprint density at radius 1 is 1.14 bits per heavy atom. The van der Waals surface area contributed by atoms with Gasteiger partial charge in [-0.15, -0.1) is 0 Å². The first-order chi connectivity index (χ1) is 23.0. The molecule has 3 heterocycles. The SMILES string of the molecule is CCC(O)(O)C(C)C1OC1CC(C)/C=C/C=C(\C)C1OC(=O)C(O)CCCC(C)(OC)C(OC(=O)N2CCCN(C(C)C)CC2)/C=C/C1C. The van der Waals surface area contributed by atoms with Crippen LogP contribution in [0.25, 0.3) is 0 Å². The molecule has 0 bridgehead atoms. The van der Waals surface area contributed by atoms with E-state index in [0.717, 1.165) is 31.5 Å². The van der Waals surface area contributed by atoms with Gasteiger partial charge >= 0.3 is 12.1 Å². The maximum atomic E-state index is 13.5. The van der Waals surface area contributed by atoms with E-state index in [0.29, 0.717) is 32.0 Å². The van der Waals surface area contributed by atoms with Crippen molar-refractivity contribution in [2.24, 2.45) is 17.8 Å². The van der Waals surface area contributed by atoms with Crippen molar-refractivity contribution in [3.05, 3.63) is 36.0 Å². The number of allylic oxidation sites excluding steroid dienone is 3. The van der Waals surface area contributed by atoms with Crippen molar-refractivity contribution in [1.82, 2.24) is 9.80 Å². The number of rotatable bonds is 11. The fourth-order valence-electron chi connectivity index (χ4n) is 6.82. The molecule has 0 radical (unpaired) electrons. The Bertz CT molecular complexity index is 1170. The number of aliphatic hydroxyl groups is 3. The van der Waals surface area contributed by atoms with Crippen LogP contribution in [0.3, 0.4) is 0 Å². The van der Waals surface area contributed by atoms with Crippen molar-refractivity contribution in [2.75, 3.05) is 33.3 Å². The van der Waals surface area contributed by atoms with Crippen LogP contribution in [0.4, 0.5) is 4.79 Å². The summed E-state index contributed by atoms with van der Waals surface area (Å²) in [4.78, 5) is 30.6. The molecule has 1 amide bonds. The summed E-state index contributed by atoms with van der Waals surface area (Å²) < 4.78 is 23.8. The Hall–Kier alpha value is -2.28. The number of cyclic esters (lactones) is 1. The summed E-state index contributed by atoms with van der Waals surface area (Å²) in [7, 11) is 1.60. The second-order valence-corrected chi connectivity index (χ2v) is 15.0. The summed E-state index contributed by atoms with van der Waals surface area (Å²) in [6.07, 6.45) is 9.37. The number of carbonyl (C=O) groups excluding carboxylic acids is 2. The Kier molecular flexibility index (Phi) is 15.4. The minimum Gasteiger partial charge on any atom is -0.455 e. The van der Waals surface area contributed by atoms with E-state index in [-0.39, 0.29) is 48.9 Å². The van der Waals surface area contributed by atoms with Crippen molar-refractivity contribution < 1.29 is 43.9 Å². The van der Waals surface area contributed by atoms with Crippen LogP contribution in [0.1, 0.15) is 93.9 Å². The van der Waals surface area contributed by atoms with Crippen LogP contribution in [-0.4, -0.2) is 118 Å². The number of amides is 1. The van der Waals surface area contributed by atoms with E-state index >= 15 is 0 Å². The fourth-order valence-corrected chi connectivity index (χ4v) is 6.82. The number of ether oxygens (including phenoxy) is 4. The second-order valence-electron chi connectivity index (χ2n) is 15.0. The molecule has 280 valence electrons. The second kappa shape index (κ2) is 18.3. The van der Waals surface area contributed by atoms with E-state index in [2.05, 4.69) is 25.7 Å². The molecule has 2 saturated heterocycles. The Morgan fingerprint density at radius 2 is 1.86 bits per heavy atom. The number of methoxy groups -OCH3 is 1. The average molecular weight is 693 g/mol. The van der Waals surface area contributed by atoms with Gasteiger partial charge in [0.25, 0.3) is 0 Å². The lowest BCUT2D eigenvalue weighted by Crippen LogP contribution is -2.47. The number of aliphatic hydroxyl groups excluding tert-OH is 1. The minimum absolute atomic E-state index is 0.0298. The molecule has 0 aromatic rings. The molecule has 9 unspecified atom stereocenters. The van der Waals surface area contributed by atoms with E-state index in [1.54, 1.807) is 25.9 Å². The van der Waals surface area contributed by atoms with Gasteiger partial charge in [0.05, 0.1) is 12.2 Å². The maximum absolute atomic E-state index is 13.5. The molecule has 2 fully saturated rings. The van der Waals surface area contributed by atoms with E-state index in [9.17, 15) is 24.9 Å². The van der Waals surface area contributed by atoms with Gasteiger partial charge in [0.2, 0.25) is 0 Å². The molecule has 3 N–H and O–H groups in total. The number of hydrogen-bond donors (Lipinski definition) is 3. The van der Waals surface area contributed by atoms with E-state index in [4.69, 9.17) is 18.9 Å². The predicted molar refractivity (Wildman–Crippen MR) is 189 cm³/mol. The molecule has 11 heteroatoms. The third-order valence-corrected chi connectivity index (χ3v) is 10.8. The molecular weight excluding hydrogens is 628 g/mol. The van der Waals surface area contributed by atoms with Crippen LogP contribution in [0.15, 0.2) is 36.0 Å². The van der Waals surface area contributed by atoms with Crippen molar-refractivity contribution >= 4 is 12.1 Å². The Labute approximate surface area is 294 Å². The zero-order chi connectivity index (χ0) is 36.5. The number of carbonyl (C=O) groups is 2. The molecule has 3 aliphatic rings. The van der Waals surface area contributed by atoms with Crippen LogP contribution in [0.5, 0.6) is 0 Å². The van der Waals surface area contributed by atoms with Crippen LogP contribution >= 0.6 is 0 Å². The maximum Gasteiger partial charge on any atom is 0.410 e. The summed E-state index contributed by atoms with van der Waals surface area (Å²) in [6.45, 7) is 18.6. The van der Waals surface area contributed by atoms with Crippen LogP contribution in [-0.2, 0) is 23.7 Å². The summed E-state index contributed by atoms with van der Waals surface area (Å²) in [6, 6.07) is 0.410. The first-order valence-corrected chi connectivity index (χ1v) is 18.3. The molecular formula is C38H64N2O9. The molecule has 0 saturated carbocycles. The third kappa shape index (κ3) is 11.6. The first kappa shape index (κ1) is 41.1. The summed E-state index contributed by atoms with van der Waals surface area (Å²) in [5, 5.41) is 31.1. The van der Waals surface area contributed by atoms with Gasteiger partial charge in [-0.05, 0) is 83.8 Å². The molecule has 3 aliphatic heterocycles. The molecule has 0 aromatic carbocycles. The topological polar surface area (TPSA) is 142 Å². The van der Waals surface area contributed by atoms with Crippen LogP contribution < -0.4 is 0 Å². The van der Waals surface area contributed by atoms with E-state index < -0.39 is 35.7 Å². The lowest BCUT2D eigenvalue weighted by Gasteiger charge is -2.36. The first-order valence-electron chi connectivity index (χ1n) is 18.3. The van der Waals surface area contributed by atoms with Crippen molar-refractivity contribution in [1.29, 1.82) is 0 Å². The Morgan fingerprint density at radius 3 is 2.51 bits per heavy atom. The van der Waals surface area contributed by atoms with Gasteiger partial charge in [-0.25, -0.2) is 9.59 Å². The lowest BCUT2D eigenvalue weighted by atomic mass is 9.88. The zero-order valence-corrected chi connectivity index (χ0v) is 31.3. The predicted octanol–water partition coefficient (Wildman–Crippen LogP) is 4.98. The highest BCUT2D eigenvalue weighted by Crippen LogP contribution is 2.39. The van der Waals surface area contributed by atoms with Crippen molar-refractivity contribution in [3.63, 3.8) is 0 Å². The highest BCUT2D eigenvalue weighted by molar-refractivity contribution is 5.74. The van der Waals surface area contributed by atoms with Gasteiger partial charge < -0.3 is 39.2 Å². The van der Waals surface area contributed by atoms with Gasteiger partial charge in [-0.2, -0.15) is 0 Å². The zero-order valence-electron chi connectivity index (χ0n) is 31.3. The molecule has 9 atom stereocenters. The van der Waals surface area contributed by atoms with Gasteiger partial charge in [-0.3, -0.25) is 4.90 Å². The number of hydrogen-bond acceptors (Lipinski definition) is 10. The van der Waals surface area contributed by atoms with Crippen LogP contribution in [0, 0.1) is 17.8 Å². The van der Waals surface area contributed by atoms with Gasteiger partial charge in [0.15, 0.2) is 18.0 Å². The number of esters is 1. The molecule has 0 spiro atoms. The van der Waals surface area contributed by atoms with Crippen molar-refractivity contribution in [2.45, 2.75) is 142 Å². The fraction of sp³-hybridized carbons (Fsp3) is 0.789. The number of nitrogens with zero attached hydrogens (tertiary/aromatic N) is 2. The molecule has 0 aliphatic carbocycles.